The van der Waals surface area contributed by atoms with Gasteiger partial charge < -0.3 is 9.64 Å². The molecule has 0 N–H and O–H groups in total. The predicted molar refractivity (Wildman–Crippen MR) is 99.2 cm³/mol. The van der Waals surface area contributed by atoms with E-state index in [1.165, 1.54) is 0 Å². The molecule has 5 rings (SSSR count). The summed E-state index contributed by atoms with van der Waals surface area (Å²) in [5, 5.41) is 0. The van der Waals surface area contributed by atoms with Crippen molar-refractivity contribution in [2.75, 3.05) is 7.05 Å². The highest BCUT2D eigenvalue weighted by atomic mass is 16.5. The van der Waals surface area contributed by atoms with E-state index < -0.39 is 5.60 Å². The number of ketones is 1. The van der Waals surface area contributed by atoms with Crippen LogP contribution in [-0.4, -0.2) is 34.2 Å². The second-order valence-corrected chi connectivity index (χ2v) is 8.07. The monoisotopic (exact) mass is 362 g/mol. The summed E-state index contributed by atoms with van der Waals surface area (Å²) < 4.78 is 6.38. The van der Waals surface area contributed by atoms with E-state index in [1.54, 1.807) is 17.3 Å². The molecule has 0 saturated heterocycles. The second-order valence-electron chi connectivity index (χ2n) is 8.07. The minimum absolute atomic E-state index is 0.0244. The summed E-state index contributed by atoms with van der Waals surface area (Å²) in [5.74, 6) is 1.45. The van der Waals surface area contributed by atoms with Gasteiger partial charge in [-0.05, 0) is 48.6 Å². The van der Waals surface area contributed by atoms with Crippen molar-refractivity contribution >= 4 is 11.7 Å². The largest absolute Gasteiger partial charge is 0.486 e. The van der Waals surface area contributed by atoms with Gasteiger partial charge in [-0.1, -0.05) is 12.1 Å². The molecule has 4 atom stereocenters. The maximum absolute atomic E-state index is 13.0. The molecular formula is C22H22N2O3. The number of nitrogens with zero attached hydrogens (tertiary/aromatic N) is 2. The van der Waals surface area contributed by atoms with Gasteiger partial charge in [-0.15, -0.1) is 0 Å². The van der Waals surface area contributed by atoms with Crippen LogP contribution in [0.3, 0.4) is 0 Å². The average Bonchev–Trinajstić information content (AvgIpc) is 3.32. The van der Waals surface area contributed by atoms with Crippen LogP contribution in [0.25, 0.3) is 0 Å². The number of aromatic nitrogens is 1. The van der Waals surface area contributed by atoms with Gasteiger partial charge >= 0.3 is 0 Å². The molecule has 1 aromatic carbocycles. The van der Waals surface area contributed by atoms with Crippen LogP contribution in [0, 0.1) is 17.8 Å². The Bertz CT molecular complexity index is 913. The second kappa shape index (κ2) is 5.91. The molecule has 1 spiro atoms. The Labute approximate surface area is 158 Å². The highest BCUT2D eigenvalue weighted by Gasteiger charge is 2.70. The third-order valence-corrected chi connectivity index (χ3v) is 6.47. The molecule has 2 heterocycles. The maximum atomic E-state index is 13.0. The molecule has 1 aliphatic heterocycles. The first-order valence-corrected chi connectivity index (χ1v) is 9.54. The Hall–Kier alpha value is -2.69. The zero-order valence-corrected chi connectivity index (χ0v) is 15.3. The van der Waals surface area contributed by atoms with Crippen molar-refractivity contribution in [2.24, 2.45) is 17.8 Å². The van der Waals surface area contributed by atoms with Gasteiger partial charge in [-0.25, -0.2) is 0 Å². The van der Waals surface area contributed by atoms with Gasteiger partial charge in [0.15, 0.2) is 5.78 Å². The van der Waals surface area contributed by atoms with Crippen LogP contribution in [0.5, 0.6) is 5.75 Å². The third-order valence-electron chi connectivity index (χ3n) is 6.47. The van der Waals surface area contributed by atoms with Gasteiger partial charge in [-0.2, -0.15) is 0 Å². The van der Waals surface area contributed by atoms with Crippen LogP contribution >= 0.6 is 0 Å². The molecule has 3 aliphatic rings. The summed E-state index contributed by atoms with van der Waals surface area (Å²) in [4.78, 5) is 31.5. The first kappa shape index (κ1) is 16.5. The summed E-state index contributed by atoms with van der Waals surface area (Å²) in [6, 6.07) is 11.3. The lowest BCUT2D eigenvalue weighted by Crippen LogP contribution is -2.44. The van der Waals surface area contributed by atoms with Crippen molar-refractivity contribution in [1.29, 1.82) is 0 Å². The van der Waals surface area contributed by atoms with Crippen LogP contribution in [0.1, 0.15) is 35.2 Å². The molecule has 0 bridgehead atoms. The molecule has 0 radical (unpaired) electrons. The summed E-state index contributed by atoms with van der Waals surface area (Å²) in [6.07, 6.45) is 5.70. The topological polar surface area (TPSA) is 59.5 Å². The summed E-state index contributed by atoms with van der Waals surface area (Å²) in [7, 11) is 1.85. The number of carbonyl (C=O) groups is 2. The fourth-order valence-electron chi connectivity index (χ4n) is 5.19. The van der Waals surface area contributed by atoms with E-state index in [4.69, 9.17) is 4.74 Å². The Morgan fingerprint density at radius 1 is 1.26 bits per heavy atom. The highest BCUT2D eigenvalue weighted by molar-refractivity contribution is 6.00. The van der Waals surface area contributed by atoms with Crippen molar-refractivity contribution in [3.05, 3.63) is 59.9 Å². The average molecular weight is 362 g/mol. The number of benzene rings is 1. The molecule has 0 unspecified atom stereocenters. The summed E-state index contributed by atoms with van der Waals surface area (Å²) in [6.45, 7) is 0.576. The highest BCUT2D eigenvalue weighted by Crippen LogP contribution is 2.66. The van der Waals surface area contributed by atoms with Crippen LogP contribution < -0.4 is 4.74 Å². The normalized spacial score (nSPS) is 30.4. The number of hydrogen-bond acceptors (Lipinski definition) is 4. The minimum atomic E-state index is -0.492. The van der Waals surface area contributed by atoms with Crippen molar-refractivity contribution in [2.45, 2.75) is 31.4 Å². The lowest BCUT2D eigenvalue weighted by molar-refractivity contribution is -0.133. The zero-order chi connectivity index (χ0) is 18.6. The molecule has 5 heteroatoms. The van der Waals surface area contributed by atoms with E-state index >= 15 is 0 Å². The molecule has 5 nitrogen and oxygen atoms in total. The number of para-hydroxylation sites is 1. The Kier molecular flexibility index (Phi) is 3.61. The number of Topliss-reactive ketones (excluding diaryl/α,β-unsaturated/α-hetero) is 1. The number of pyridine rings is 1. The van der Waals surface area contributed by atoms with E-state index in [0.717, 1.165) is 18.4 Å². The van der Waals surface area contributed by atoms with E-state index in [-0.39, 0.29) is 23.5 Å². The van der Waals surface area contributed by atoms with E-state index in [1.807, 2.05) is 43.4 Å². The predicted octanol–water partition coefficient (Wildman–Crippen LogP) is 3.10. The standard InChI is InChI=1S/C22H22N2O3/c1-24(13-14-7-10-23-11-8-14)21(26)19-16-6-9-22(20(16)19)12-17(25)15-4-2-3-5-18(15)27-22/h2-5,7-8,10-11,16,19-20H,6,9,12-13H2,1H3/t16-,19+,20-,22-/m0/s1. The van der Waals surface area contributed by atoms with Gasteiger partial charge in [-0.3, -0.25) is 14.6 Å². The van der Waals surface area contributed by atoms with E-state index in [9.17, 15) is 9.59 Å². The molecule has 2 fully saturated rings. The molecule has 1 amide bonds. The number of amides is 1. The Morgan fingerprint density at radius 2 is 2.04 bits per heavy atom. The maximum Gasteiger partial charge on any atom is 0.226 e. The van der Waals surface area contributed by atoms with Crippen LogP contribution in [0.4, 0.5) is 0 Å². The van der Waals surface area contributed by atoms with Gasteiger partial charge in [0, 0.05) is 37.8 Å². The molecule has 2 aliphatic carbocycles. The van der Waals surface area contributed by atoms with Crippen molar-refractivity contribution in [1.82, 2.24) is 9.88 Å². The van der Waals surface area contributed by atoms with Gasteiger partial charge in [0.25, 0.3) is 0 Å². The van der Waals surface area contributed by atoms with Crippen LogP contribution in [0.2, 0.25) is 0 Å². The Morgan fingerprint density at radius 3 is 2.85 bits per heavy atom. The SMILES string of the molecule is CN(Cc1ccncc1)C(=O)[C@@H]1[C@@H]2CC[C@]3(CC(=O)c4ccccc4O3)[C@@H]21. The van der Waals surface area contributed by atoms with Crippen LogP contribution in [-0.2, 0) is 11.3 Å². The van der Waals surface area contributed by atoms with E-state index in [0.29, 0.717) is 30.2 Å². The lowest BCUT2D eigenvalue weighted by Gasteiger charge is -2.37. The molecular weight excluding hydrogens is 340 g/mol. The minimum Gasteiger partial charge on any atom is -0.486 e. The first-order chi connectivity index (χ1) is 13.1. The van der Waals surface area contributed by atoms with E-state index in [2.05, 4.69) is 4.98 Å². The van der Waals surface area contributed by atoms with Crippen molar-refractivity contribution < 1.29 is 14.3 Å². The van der Waals surface area contributed by atoms with Gasteiger partial charge in [0.1, 0.15) is 11.4 Å². The molecule has 138 valence electrons. The lowest BCUT2D eigenvalue weighted by atomic mass is 9.84. The summed E-state index contributed by atoms with van der Waals surface area (Å²) in [5.41, 5.74) is 1.25. The molecule has 2 aromatic rings. The fourth-order valence-corrected chi connectivity index (χ4v) is 5.19. The quantitative estimate of drug-likeness (QED) is 0.842. The van der Waals surface area contributed by atoms with Crippen LogP contribution in [0.15, 0.2) is 48.8 Å². The van der Waals surface area contributed by atoms with Gasteiger partial charge in [0.2, 0.25) is 5.91 Å². The number of ether oxygens (including phenoxy) is 1. The van der Waals surface area contributed by atoms with Crippen molar-refractivity contribution in [3.63, 3.8) is 0 Å². The van der Waals surface area contributed by atoms with Crippen molar-refractivity contribution in [3.8, 4) is 5.75 Å². The number of fused-ring (bicyclic) bond motifs is 3. The third kappa shape index (κ3) is 2.56. The zero-order valence-electron chi connectivity index (χ0n) is 15.3. The molecule has 1 aromatic heterocycles. The number of rotatable bonds is 3. The number of carbonyl (C=O) groups excluding carboxylic acids is 2. The first-order valence-electron chi connectivity index (χ1n) is 9.54. The summed E-state index contributed by atoms with van der Waals surface area (Å²) >= 11 is 0. The number of hydrogen-bond donors (Lipinski definition) is 0. The molecule has 27 heavy (non-hydrogen) atoms. The van der Waals surface area contributed by atoms with Gasteiger partial charge in [0.05, 0.1) is 12.0 Å². The smallest absolute Gasteiger partial charge is 0.226 e. The molecule has 2 saturated carbocycles. The Balaban J connectivity index is 1.34. The fraction of sp³-hybridized carbons (Fsp3) is 0.409.